The molecule has 1 amide bonds. The quantitative estimate of drug-likeness (QED) is 0.527. The summed E-state index contributed by atoms with van der Waals surface area (Å²) >= 11 is 0. The molecule has 0 radical (unpaired) electrons. The van der Waals surface area contributed by atoms with Gasteiger partial charge in [0, 0.05) is 55.2 Å². The van der Waals surface area contributed by atoms with Gasteiger partial charge in [-0.1, -0.05) is 0 Å². The first-order valence-electron chi connectivity index (χ1n) is 12.2. The molecule has 35 heavy (non-hydrogen) atoms. The number of aromatic nitrogens is 5. The number of aliphatic hydroxyl groups is 1. The van der Waals surface area contributed by atoms with Crippen molar-refractivity contribution in [3.05, 3.63) is 30.4 Å². The number of ether oxygens (including phenoxy) is 2. The van der Waals surface area contributed by atoms with Crippen LogP contribution < -0.4 is 5.32 Å². The molecule has 5 rings (SSSR count). The molecule has 0 aromatic carbocycles. The van der Waals surface area contributed by atoms with Crippen LogP contribution in [-0.2, 0) is 9.47 Å². The van der Waals surface area contributed by atoms with E-state index >= 15 is 0 Å². The molecular weight excluding hydrogens is 450 g/mol. The zero-order valence-electron chi connectivity index (χ0n) is 20.4. The number of carbonyl (C=O) groups excluding carboxylic acids is 1. The van der Waals surface area contributed by atoms with E-state index in [-0.39, 0.29) is 24.3 Å². The van der Waals surface area contributed by atoms with Crippen molar-refractivity contribution in [2.75, 3.05) is 39.2 Å². The van der Waals surface area contributed by atoms with Gasteiger partial charge < -0.3 is 24.8 Å². The van der Waals surface area contributed by atoms with Crippen molar-refractivity contribution >= 4 is 17.6 Å². The molecule has 3 aromatic heterocycles. The average molecular weight is 484 g/mol. The third kappa shape index (κ3) is 4.70. The molecule has 11 nitrogen and oxygen atoms in total. The van der Waals surface area contributed by atoms with E-state index < -0.39 is 0 Å². The van der Waals surface area contributed by atoms with Crippen LogP contribution in [0.2, 0.25) is 0 Å². The van der Waals surface area contributed by atoms with Gasteiger partial charge in [0.2, 0.25) is 5.95 Å². The van der Waals surface area contributed by atoms with Gasteiger partial charge >= 0.3 is 6.09 Å². The molecule has 1 aliphatic carbocycles. The topological polar surface area (TPSA) is 119 Å². The Bertz CT molecular complexity index is 1180. The zero-order chi connectivity index (χ0) is 24.5. The summed E-state index contributed by atoms with van der Waals surface area (Å²) < 4.78 is 13.9. The lowest BCUT2D eigenvalue weighted by Crippen LogP contribution is -2.50. The predicted octanol–water partition coefficient (Wildman–Crippen LogP) is 2.68. The molecule has 1 saturated heterocycles. The number of aliphatic hydroxyl groups excluding tert-OH is 1. The van der Waals surface area contributed by atoms with Crippen molar-refractivity contribution < 1.29 is 19.4 Å². The normalized spacial score (nSPS) is 21.7. The van der Waals surface area contributed by atoms with Gasteiger partial charge in [0.15, 0.2) is 0 Å². The summed E-state index contributed by atoms with van der Waals surface area (Å²) in [4.78, 5) is 17.9. The van der Waals surface area contributed by atoms with E-state index in [0.29, 0.717) is 31.6 Å². The second-order valence-electron chi connectivity index (χ2n) is 9.61. The van der Waals surface area contributed by atoms with Gasteiger partial charge in [-0.3, -0.25) is 4.68 Å². The first-order valence-corrected chi connectivity index (χ1v) is 12.2. The van der Waals surface area contributed by atoms with Crippen LogP contribution in [0.4, 0.5) is 10.7 Å². The van der Waals surface area contributed by atoms with Gasteiger partial charge in [-0.2, -0.15) is 5.10 Å². The molecule has 1 atom stereocenters. The lowest BCUT2D eigenvalue weighted by Gasteiger charge is -2.37. The van der Waals surface area contributed by atoms with E-state index in [0.717, 1.165) is 48.0 Å². The molecule has 2 N–H and O–H groups in total. The highest BCUT2D eigenvalue weighted by atomic mass is 16.5. The lowest BCUT2D eigenvalue weighted by atomic mass is 9.85. The Morgan fingerprint density at radius 2 is 2.00 bits per heavy atom. The third-order valence-electron chi connectivity index (χ3n) is 7.03. The van der Waals surface area contributed by atoms with Crippen LogP contribution in [0.1, 0.15) is 50.3 Å². The highest BCUT2D eigenvalue weighted by Crippen LogP contribution is 2.38. The van der Waals surface area contributed by atoms with Gasteiger partial charge in [-0.05, 0) is 38.7 Å². The molecule has 1 saturated carbocycles. The Morgan fingerprint density at radius 1 is 1.23 bits per heavy atom. The maximum absolute atomic E-state index is 11.7. The molecular formula is C24H33N7O4. The minimum atomic E-state index is -0.310. The summed E-state index contributed by atoms with van der Waals surface area (Å²) in [5, 5.41) is 22.7. The van der Waals surface area contributed by atoms with Crippen LogP contribution in [0, 0.1) is 0 Å². The molecule has 11 heteroatoms. The molecule has 188 valence electrons. The standard InChI is InChI=1S/C24H33N7O4/c1-15(14-34-2)27-23-25-10-22-20(8-21(31(22)28-23)16-4-6-19(32)7-5-16)17-9-26-30(11-17)18-12-29(13-18)24(33)35-3/h8-11,15-16,18-19,32H,4-7,12-14H2,1-3H3,(H,27,28)/t15-,16?,19?/m0/s1. The predicted molar refractivity (Wildman–Crippen MR) is 129 cm³/mol. The average Bonchev–Trinajstić information content (AvgIpc) is 3.43. The molecule has 3 aromatic rings. The van der Waals surface area contributed by atoms with E-state index in [1.54, 1.807) is 12.0 Å². The second-order valence-corrected chi connectivity index (χ2v) is 9.61. The number of anilines is 1. The number of rotatable bonds is 7. The third-order valence-corrected chi connectivity index (χ3v) is 7.03. The number of carbonyl (C=O) groups is 1. The fraction of sp³-hybridized carbons (Fsp3) is 0.583. The van der Waals surface area contributed by atoms with Gasteiger partial charge in [-0.15, -0.1) is 5.10 Å². The molecule has 2 aliphatic rings. The number of amides is 1. The SMILES string of the molecule is COC[C@H](C)Nc1ncc2c(-c3cnn(C4CN(C(=O)OC)C4)c3)cc(C3CCC(O)CC3)n2n1. The van der Waals surface area contributed by atoms with Crippen molar-refractivity contribution in [1.29, 1.82) is 0 Å². The van der Waals surface area contributed by atoms with E-state index in [1.165, 1.54) is 7.11 Å². The summed E-state index contributed by atoms with van der Waals surface area (Å²) in [6, 6.07) is 2.40. The number of nitrogens with one attached hydrogen (secondary N) is 1. The molecule has 2 fully saturated rings. The van der Waals surface area contributed by atoms with Crippen LogP contribution in [0.5, 0.6) is 0 Å². The number of likely N-dealkylation sites (tertiary alicyclic amines) is 1. The number of fused-ring (bicyclic) bond motifs is 1. The number of hydrogen-bond acceptors (Lipinski definition) is 8. The fourth-order valence-corrected chi connectivity index (χ4v) is 5.06. The minimum absolute atomic E-state index is 0.0750. The van der Waals surface area contributed by atoms with Crippen molar-refractivity contribution in [3.63, 3.8) is 0 Å². The summed E-state index contributed by atoms with van der Waals surface area (Å²) in [6.07, 6.45) is 8.64. The van der Waals surface area contributed by atoms with Crippen molar-refractivity contribution in [2.24, 2.45) is 0 Å². The largest absolute Gasteiger partial charge is 0.453 e. The van der Waals surface area contributed by atoms with Crippen LogP contribution >= 0.6 is 0 Å². The summed E-state index contributed by atoms with van der Waals surface area (Å²) in [5.41, 5.74) is 4.05. The first-order chi connectivity index (χ1) is 17.0. The Balaban J connectivity index is 1.45. The Hall–Kier alpha value is -3.18. The van der Waals surface area contributed by atoms with E-state index in [2.05, 4.69) is 21.5 Å². The fourth-order valence-electron chi connectivity index (χ4n) is 5.06. The maximum atomic E-state index is 11.7. The van der Waals surface area contributed by atoms with E-state index in [4.69, 9.17) is 14.6 Å². The van der Waals surface area contributed by atoms with E-state index in [1.807, 2.05) is 34.7 Å². The summed E-state index contributed by atoms with van der Waals surface area (Å²) in [6.45, 7) is 3.74. The van der Waals surface area contributed by atoms with Crippen LogP contribution in [0.3, 0.4) is 0 Å². The number of hydrogen-bond donors (Lipinski definition) is 2. The van der Waals surface area contributed by atoms with E-state index in [9.17, 15) is 9.90 Å². The summed E-state index contributed by atoms with van der Waals surface area (Å²) in [5.74, 6) is 0.864. The van der Waals surface area contributed by atoms with Crippen LogP contribution in [-0.4, -0.2) is 86.5 Å². The minimum Gasteiger partial charge on any atom is -0.453 e. The van der Waals surface area contributed by atoms with Gasteiger partial charge in [0.1, 0.15) is 0 Å². The van der Waals surface area contributed by atoms with Crippen LogP contribution in [0.25, 0.3) is 16.6 Å². The maximum Gasteiger partial charge on any atom is 0.409 e. The first kappa shape index (κ1) is 23.6. The number of nitrogens with zero attached hydrogens (tertiary/aromatic N) is 6. The monoisotopic (exact) mass is 483 g/mol. The Labute approximate surface area is 204 Å². The van der Waals surface area contributed by atoms with Gasteiger partial charge in [-0.25, -0.2) is 14.3 Å². The molecule has 0 unspecified atom stereocenters. The Morgan fingerprint density at radius 3 is 2.71 bits per heavy atom. The zero-order valence-corrected chi connectivity index (χ0v) is 20.4. The Kier molecular flexibility index (Phi) is 6.61. The van der Waals surface area contributed by atoms with Gasteiger partial charge in [0.05, 0.1) is 43.8 Å². The number of methoxy groups -OCH3 is 2. The van der Waals surface area contributed by atoms with Gasteiger partial charge in [0.25, 0.3) is 0 Å². The summed E-state index contributed by atoms with van der Waals surface area (Å²) in [7, 11) is 3.07. The van der Waals surface area contributed by atoms with Crippen molar-refractivity contribution in [1.82, 2.24) is 29.3 Å². The smallest absolute Gasteiger partial charge is 0.409 e. The molecule has 0 bridgehead atoms. The molecule has 4 heterocycles. The lowest BCUT2D eigenvalue weighted by molar-refractivity contribution is 0.0674. The molecule has 1 aliphatic heterocycles. The highest BCUT2D eigenvalue weighted by molar-refractivity contribution is 5.81. The second kappa shape index (κ2) is 9.82. The molecule has 0 spiro atoms. The highest BCUT2D eigenvalue weighted by Gasteiger charge is 2.33. The van der Waals surface area contributed by atoms with Crippen molar-refractivity contribution in [3.8, 4) is 11.1 Å². The van der Waals surface area contributed by atoms with Crippen LogP contribution in [0.15, 0.2) is 24.7 Å². The van der Waals surface area contributed by atoms with Crippen molar-refractivity contribution in [2.45, 2.75) is 56.7 Å².